The maximum atomic E-state index is 11.7. The lowest BCUT2D eigenvalue weighted by Crippen LogP contribution is -2.32. The Bertz CT molecular complexity index is 179. The fraction of sp³-hybridized carbons (Fsp3) is 0.667. The summed E-state index contributed by atoms with van der Waals surface area (Å²) >= 11 is 0. The number of halogens is 1. The molecule has 1 rings (SSSR count). The van der Waals surface area contributed by atoms with E-state index in [1.54, 1.807) is 0 Å². The molecule has 12 heavy (non-hydrogen) atoms. The molecule has 0 saturated carbocycles. The second-order valence-electron chi connectivity index (χ2n) is 2.96. The summed E-state index contributed by atoms with van der Waals surface area (Å²) in [5.74, 6) is 0.0681. The Labute approximate surface area is 71.8 Å². The lowest BCUT2D eigenvalue weighted by Gasteiger charge is -2.16. The van der Waals surface area contributed by atoms with Crippen LogP contribution in [0.15, 0.2) is 12.2 Å². The van der Waals surface area contributed by atoms with E-state index in [9.17, 15) is 9.18 Å². The van der Waals surface area contributed by atoms with E-state index in [1.807, 2.05) is 6.08 Å². The quantitative estimate of drug-likeness (QED) is 0.639. The molecule has 1 unspecified atom stereocenters. The van der Waals surface area contributed by atoms with Crippen LogP contribution in [0.4, 0.5) is 4.39 Å². The van der Waals surface area contributed by atoms with Crippen LogP contribution in [0, 0.1) is 5.92 Å². The average Bonchev–Trinajstić information content (AvgIpc) is 2.15. The molecule has 1 atom stereocenters. The molecule has 0 heterocycles. The number of amides is 1. The van der Waals surface area contributed by atoms with Gasteiger partial charge in [-0.1, -0.05) is 12.2 Å². The van der Waals surface area contributed by atoms with Gasteiger partial charge in [-0.05, 0) is 19.3 Å². The van der Waals surface area contributed by atoms with Crippen LogP contribution in [-0.4, -0.2) is 19.1 Å². The maximum Gasteiger partial charge on any atom is 0.223 e. The third kappa shape index (κ3) is 2.64. The van der Waals surface area contributed by atoms with Gasteiger partial charge in [0.25, 0.3) is 0 Å². The Morgan fingerprint density at radius 3 is 3.00 bits per heavy atom. The largest absolute Gasteiger partial charge is 0.353 e. The topological polar surface area (TPSA) is 29.1 Å². The van der Waals surface area contributed by atoms with Crippen LogP contribution in [0.1, 0.15) is 19.3 Å². The average molecular weight is 171 g/mol. The zero-order chi connectivity index (χ0) is 8.81. The van der Waals surface area contributed by atoms with Gasteiger partial charge in [0.2, 0.25) is 5.91 Å². The lowest BCUT2D eigenvalue weighted by atomic mass is 9.94. The smallest absolute Gasteiger partial charge is 0.223 e. The first-order chi connectivity index (χ1) is 5.84. The van der Waals surface area contributed by atoms with Gasteiger partial charge >= 0.3 is 0 Å². The molecule has 0 radical (unpaired) electrons. The van der Waals surface area contributed by atoms with Gasteiger partial charge in [-0.25, -0.2) is 4.39 Å². The zero-order valence-corrected chi connectivity index (χ0v) is 7.05. The summed E-state index contributed by atoms with van der Waals surface area (Å²) in [5, 5.41) is 2.55. The van der Waals surface area contributed by atoms with Gasteiger partial charge in [0.15, 0.2) is 0 Å². The van der Waals surface area contributed by atoms with Gasteiger partial charge in [0.05, 0.1) is 0 Å². The molecular formula is C9H14FNO. The zero-order valence-electron chi connectivity index (χ0n) is 7.05. The van der Waals surface area contributed by atoms with Crippen molar-refractivity contribution in [2.75, 3.05) is 13.2 Å². The van der Waals surface area contributed by atoms with Gasteiger partial charge in [-0.2, -0.15) is 0 Å². The number of nitrogens with one attached hydrogen (secondary N) is 1. The highest BCUT2D eigenvalue weighted by Gasteiger charge is 2.17. The molecule has 1 aliphatic rings. The second-order valence-corrected chi connectivity index (χ2v) is 2.96. The van der Waals surface area contributed by atoms with Gasteiger partial charge < -0.3 is 5.32 Å². The monoisotopic (exact) mass is 171 g/mol. The Morgan fingerprint density at radius 1 is 1.58 bits per heavy atom. The highest BCUT2D eigenvalue weighted by atomic mass is 19.1. The molecule has 0 aromatic carbocycles. The predicted molar refractivity (Wildman–Crippen MR) is 45.5 cm³/mol. The first kappa shape index (κ1) is 9.23. The highest BCUT2D eigenvalue weighted by molar-refractivity contribution is 5.78. The fourth-order valence-corrected chi connectivity index (χ4v) is 1.35. The summed E-state index contributed by atoms with van der Waals surface area (Å²) in [7, 11) is 0. The Kier molecular flexibility index (Phi) is 3.77. The predicted octanol–water partition coefficient (Wildman–Crippen LogP) is 1.43. The molecule has 1 amide bonds. The first-order valence-electron chi connectivity index (χ1n) is 4.33. The van der Waals surface area contributed by atoms with Crippen molar-refractivity contribution in [1.82, 2.24) is 5.32 Å². The van der Waals surface area contributed by atoms with Crippen LogP contribution in [0.5, 0.6) is 0 Å². The van der Waals surface area contributed by atoms with E-state index in [2.05, 4.69) is 11.4 Å². The summed E-state index contributed by atoms with van der Waals surface area (Å²) in [6, 6.07) is 0. The van der Waals surface area contributed by atoms with Crippen LogP contribution in [0.2, 0.25) is 0 Å². The van der Waals surface area contributed by atoms with E-state index in [1.165, 1.54) is 0 Å². The van der Waals surface area contributed by atoms with Crippen molar-refractivity contribution in [3.63, 3.8) is 0 Å². The Balaban J connectivity index is 2.26. The number of carbonyl (C=O) groups is 1. The van der Waals surface area contributed by atoms with E-state index < -0.39 is 6.67 Å². The molecule has 0 aliphatic heterocycles. The van der Waals surface area contributed by atoms with Crippen LogP contribution >= 0.6 is 0 Å². The van der Waals surface area contributed by atoms with Crippen molar-refractivity contribution < 1.29 is 9.18 Å². The molecular weight excluding hydrogens is 157 g/mol. The van der Waals surface area contributed by atoms with Crippen molar-refractivity contribution >= 4 is 5.91 Å². The number of carbonyl (C=O) groups excluding carboxylic acids is 1. The van der Waals surface area contributed by atoms with Crippen molar-refractivity contribution in [3.8, 4) is 0 Å². The number of hydrogen-bond acceptors (Lipinski definition) is 1. The summed E-state index contributed by atoms with van der Waals surface area (Å²) in [5.41, 5.74) is 0. The third-order valence-electron chi connectivity index (χ3n) is 2.03. The van der Waals surface area contributed by atoms with Crippen molar-refractivity contribution in [2.45, 2.75) is 19.3 Å². The van der Waals surface area contributed by atoms with Crippen molar-refractivity contribution in [1.29, 1.82) is 0 Å². The summed E-state index contributed by atoms with van der Waals surface area (Å²) in [6.07, 6.45) is 6.77. The standard InChI is InChI=1S/C9H14FNO/c10-6-7-11-9(12)8-4-2-1-3-5-8/h1-2,8H,3-7H2,(H,11,12). The van der Waals surface area contributed by atoms with E-state index >= 15 is 0 Å². The number of allylic oxidation sites excluding steroid dienone is 2. The molecule has 68 valence electrons. The maximum absolute atomic E-state index is 11.7. The Morgan fingerprint density at radius 2 is 2.42 bits per heavy atom. The molecule has 0 aromatic heterocycles. The minimum Gasteiger partial charge on any atom is -0.353 e. The molecule has 2 nitrogen and oxygen atoms in total. The molecule has 0 fully saturated rings. The minimum absolute atomic E-state index is 0.00278. The number of alkyl halides is 1. The van der Waals surface area contributed by atoms with Crippen LogP contribution < -0.4 is 5.32 Å². The normalized spacial score (nSPS) is 22.2. The van der Waals surface area contributed by atoms with Crippen LogP contribution in [-0.2, 0) is 4.79 Å². The van der Waals surface area contributed by atoms with Gasteiger partial charge in [0.1, 0.15) is 6.67 Å². The van der Waals surface area contributed by atoms with Crippen molar-refractivity contribution in [3.05, 3.63) is 12.2 Å². The van der Waals surface area contributed by atoms with E-state index in [0.717, 1.165) is 19.3 Å². The minimum atomic E-state index is -0.478. The summed E-state index contributed by atoms with van der Waals surface area (Å²) in [4.78, 5) is 11.2. The fourth-order valence-electron chi connectivity index (χ4n) is 1.35. The van der Waals surface area contributed by atoms with E-state index in [0.29, 0.717) is 0 Å². The molecule has 0 aromatic rings. The third-order valence-corrected chi connectivity index (χ3v) is 2.03. The highest BCUT2D eigenvalue weighted by Crippen LogP contribution is 2.17. The molecule has 1 N–H and O–H groups in total. The van der Waals surface area contributed by atoms with Crippen molar-refractivity contribution in [2.24, 2.45) is 5.92 Å². The SMILES string of the molecule is O=C(NCCF)C1CC=CCC1. The van der Waals surface area contributed by atoms with Crippen LogP contribution in [0.3, 0.4) is 0 Å². The molecule has 1 aliphatic carbocycles. The number of rotatable bonds is 3. The lowest BCUT2D eigenvalue weighted by molar-refractivity contribution is -0.125. The van der Waals surface area contributed by atoms with E-state index in [-0.39, 0.29) is 18.4 Å². The number of hydrogen-bond donors (Lipinski definition) is 1. The van der Waals surface area contributed by atoms with Gasteiger partial charge in [-0.15, -0.1) is 0 Å². The summed E-state index contributed by atoms with van der Waals surface area (Å²) < 4.78 is 11.7. The second kappa shape index (κ2) is 4.91. The van der Waals surface area contributed by atoms with Crippen LogP contribution in [0.25, 0.3) is 0 Å². The van der Waals surface area contributed by atoms with E-state index in [4.69, 9.17) is 0 Å². The molecule has 0 bridgehead atoms. The summed E-state index contributed by atoms with van der Waals surface area (Å²) in [6.45, 7) is -0.326. The molecule has 0 saturated heterocycles. The Hall–Kier alpha value is -0.860. The van der Waals surface area contributed by atoms with Gasteiger partial charge in [0, 0.05) is 12.5 Å². The first-order valence-corrected chi connectivity index (χ1v) is 4.33. The van der Waals surface area contributed by atoms with Gasteiger partial charge in [-0.3, -0.25) is 4.79 Å². The molecule has 3 heteroatoms. The molecule has 0 spiro atoms.